The molecule has 1 amide bonds. The second-order valence-corrected chi connectivity index (χ2v) is 5.95. The molecule has 1 heterocycles. The number of ether oxygens (including phenoxy) is 1. The lowest BCUT2D eigenvalue weighted by atomic mass is 9.93. The Kier molecular flexibility index (Phi) is 4.45. The summed E-state index contributed by atoms with van der Waals surface area (Å²) in [6.45, 7) is 2.63. The fourth-order valence-electron chi connectivity index (χ4n) is 2.29. The number of nitrogens with one attached hydrogen (secondary N) is 1. The molecule has 1 atom stereocenters. The minimum Gasteiger partial charge on any atom is -0.481 e. The molecule has 1 aliphatic heterocycles. The maximum atomic E-state index is 12.3. The monoisotopic (exact) mass is 341 g/mol. The van der Waals surface area contributed by atoms with Crippen LogP contribution in [0.15, 0.2) is 22.7 Å². The molecule has 0 bridgehead atoms. The van der Waals surface area contributed by atoms with Crippen molar-refractivity contribution in [1.29, 1.82) is 0 Å². The van der Waals surface area contributed by atoms with Crippen LogP contribution in [0.5, 0.6) is 0 Å². The van der Waals surface area contributed by atoms with Crippen LogP contribution in [0.2, 0.25) is 0 Å². The minimum absolute atomic E-state index is 0.137. The molecule has 5 nitrogen and oxygen atoms in total. The van der Waals surface area contributed by atoms with Gasteiger partial charge in [0.05, 0.1) is 24.1 Å². The number of halogens is 1. The van der Waals surface area contributed by atoms with E-state index < -0.39 is 11.5 Å². The standard InChI is InChI=1S/C14H16BrNO4/c1-9-2-3-10(11(15)6-9)13(19)16-14(7-12(17)18)4-5-20-8-14/h2-3,6H,4-5,7-8H2,1H3,(H,16,19)(H,17,18). The first kappa shape index (κ1) is 15.0. The Hall–Kier alpha value is -1.40. The van der Waals surface area contributed by atoms with Gasteiger partial charge in [-0.15, -0.1) is 0 Å². The zero-order valence-electron chi connectivity index (χ0n) is 11.1. The average molecular weight is 342 g/mol. The highest BCUT2D eigenvalue weighted by atomic mass is 79.9. The molecule has 1 unspecified atom stereocenters. The van der Waals surface area contributed by atoms with Crippen molar-refractivity contribution < 1.29 is 19.4 Å². The highest BCUT2D eigenvalue weighted by Crippen LogP contribution is 2.25. The van der Waals surface area contributed by atoms with E-state index in [1.807, 2.05) is 19.1 Å². The Balaban J connectivity index is 2.18. The summed E-state index contributed by atoms with van der Waals surface area (Å²) in [5.74, 6) is -1.23. The summed E-state index contributed by atoms with van der Waals surface area (Å²) in [5.41, 5.74) is 0.720. The van der Waals surface area contributed by atoms with Crippen molar-refractivity contribution >= 4 is 27.8 Å². The van der Waals surface area contributed by atoms with E-state index in [-0.39, 0.29) is 18.9 Å². The lowest BCUT2D eigenvalue weighted by Gasteiger charge is -2.27. The molecular formula is C14H16BrNO4. The van der Waals surface area contributed by atoms with E-state index in [0.29, 0.717) is 23.1 Å². The Bertz CT molecular complexity index is 538. The van der Waals surface area contributed by atoms with E-state index in [2.05, 4.69) is 21.2 Å². The van der Waals surface area contributed by atoms with Gasteiger partial charge in [-0.25, -0.2) is 0 Å². The van der Waals surface area contributed by atoms with Gasteiger partial charge in [0.1, 0.15) is 0 Å². The molecule has 1 fully saturated rings. The molecule has 20 heavy (non-hydrogen) atoms. The average Bonchev–Trinajstić information content (AvgIpc) is 2.75. The number of carbonyl (C=O) groups excluding carboxylic acids is 1. The van der Waals surface area contributed by atoms with E-state index in [9.17, 15) is 9.59 Å². The fraction of sp³-hybridized carbons (Fsp3) is 0.429. The van der Waals surface area contributed by atoms with Crippen LogP contribution in [-0.4, -0.2) is 35.7 Å². The summed E-state index contributed by atoms with van der Waals surface area (Å²) in [4.78, 5) is 23.3. The van der Waals surface area contributed by atoms with Gasteiger partial charge in [-0.05, 0) is 47.0 Å². The zero-order chi connectivity index (χ0) is 14.8. The SMILES string of the molecule is Cc1ccc(C(=O)NC2(CC(=O)O)CCOC2)c(Br)c1. The van der Waals surface area contributed by atoms with Crippen molar-refractivity contribution in [2.75, 3.05) is 13.2 Å². The van der Waals surface area contributed by atoms with Crippen molar-refractivity contribution in [2.24, 2.45) is 0 Å². The molecule has 0 radical (unpaired) electrons. The maximum absolute atomic E-state index is 12.3. The maximum Gasteiger partial charge on any atom is 0.305 e. The number of rotatable bonds is 4. The third-order valence-corrected chi connectivity index (χ3v) is 4.00. The number of carboxylic acid groups (broad SMARTS) is 1. The largest absolute Gasteiger partial charge is 0.481 e. The Labute approximate surface area is 125 Å². The third kappa shape index (κ3) is 3.37. The van der Waals surface area contributed by atoms with Crippen molar-refractivity contribution in [1.82, 2.24) is 5.32 Å². The summed E-state index contributed by atoms with van der Waals surface area (Å²) < 4.78 is 5.95. The number of benzene rings is 1. The van der Waals surface area contributed by atoms with Gasteiger partial charge in [0.25, 0.3) is 5.91 Å². The van der Waals surface area contributed by atoms with Crippen LogP contribution in [0.25, 0.3) is 0 Å². The van der Waals surface area contributed by atoms with Gasteiger partial charge < -0.3 is 15.2 Å². The lowest BCUT2D eigenvalue weighted by molar-refractivity contribution is -0.138. The first-order valence-electron chi connectivity index (χ1n) is 6.30. The van der Waals surface area contributed by atoms with Gasteiger partial charge >= 0.3 is 5.97 Å². The molecule has 0 aromatic heterocycles. The third-order valence-electron chi connectivity index (χ3n) is 3.34. The molecule has 108 valence electrons. The summed E-state index contributed by atoms with van der Waals surface area (Å²) >= 11 is 3.36. The van der Waals surface area contributed by atoms with E-state index in [0.717, 1.165) is 5.56 Å². The molecule has 2 rings (SSSR count). The van der Waals surface area contributed by atoms with Gasteiger partial charge in [-0.1, -0.05) is 6.07 Å². The molecule has 6 heteroatoms. The first-order chi connectivity index (χ1) is 9.42. The quantitative estimate of drug-likeness (QED) is 0.879. The second kappa shape index (κ2) is 5.93. The number of aliphatic carboxylic acids is 1. The number of aryl methyl sites for hydroxylation is 1. The number of amides is 1. The second-order valence-electron chi connectivity index (χ2n) is 5.09. The zero-order valence-corrected chi connectivity index (χ0v) is 12.7. The van der Waals surface area contributed by atoms with Crippen LogP contribution in [0.3, 0.4) is 0 Å². The molecule has 2 N–H and O–H groups in total. The van der Waals surface area contributed by atoms with Crippen LogP contribution in [0.4, 0.5) is 0 Å². The number of hydrogen-bond donors (Lipinski definition) is 2. The molecule has 0 saturated carbocycles. The predicted octanol–water partition coefficient (Wildman–Crippen LogP) is 2.12. The molecule has 1 aromatic rings. The summed E-state index contributed by atoms with van der Waals surface area (Å²) in [6, 6.07) is 5.41. The fourth-order valence-corrected chi connectivity index (χ4v) is 2.96. The van der Waals surface area contributed by atoms with Crippen LogP contribution in [0.1, 0.15) is 28.8 Å². The molecule has 0 aliphatic carbocycles. The summed E-state index contributed by atoms with van der Waals surface area (Å²) in [7, 11) is 0. The Morgan fingerprint density at radius 3 is 2.80 bits per heavy atom. The summed E-state index contributed by atoms with van der Waals surface area (Å²) in [5, 5.41) is 11.8. The van der Waals surface area contributed by atoms with E-state index >= 15 is 0 Å². The minimum atomic E-state index is -0.946. The van der Waals surface area contributed by atoms with Crippen molar-refractivity contribution in [3.8, 4) is 0 Å². The first-order valence-corrected chi connectivity index (χ1v) is 7.09. The number of hydrogen-bond acceptors (Lipinski definition) is 3. The van der Waals surface area contributed by atoms with E-state index in [1.165, 1.54) is 0 Å². The topological polar surface area (TPSA) is 75.6 Å². The van der Waals surface area contributed by atoms with Gasteiger partial charge in [-0.2, -0.15) is 0 Å². The number of carboxylic acids is 1. The smallest absolute Gasteiger partial charge is 0.305 e. The van der Waals surface area contributed by atoms with Gasteiger partial charge in [0.15, 0.2) is 0 Å². The highest BCUT2D eigenvalue weighted by Gasteiger charge is 2.39. The molecular weight excluding hydrogens is 326 g/mol. The summed E-state index contributed by atoms with van der Waals surface area (Å²) in [6.07, 6.45) is 0.372. The van der Waals surface area contributed by atoms with Crippen molar-refractivity contribution in [3.63, 3.8) is 0 Å². The molecule has 1 aliphatic rings. The Morgan fingerprint density at radius 1 is 1.50 bits per heavy atom. The molecule has 1 saturated heterocycles. The van der Waals surface area contributed by atoms with E-state index in [4.69, 9.17) is 9.84 Å². The van der Waals surface area contributed by atoms with Crippen LogP contribution in [0, 0.1) is 6.92 Å². The normalized spacial score (nSPS) is 21.7. The highest BCUT2D eigenvalue weighted by molar-refractivity contribution is 9.10. The Morgan fingerprint density at radius 2 is 2.25 bits per heavy atom. The van der Waals surface area contributed by atoms with Gasteiger partial charge in [-0.3, -0.25) is 9.59 Å². The van der Waals surface area contributed by atoms with Crippen molar-refractivity contribution in [3.05, 3.63) is 33.8 Å². The predicted molar refractivity (Wildman–Crippen MR) is 76.8 cm³/mol. The van der Waals surface area contributed by atoms with Crippen LogP contribution in [-0.2, 0) is 9.53 Å². The van der Waals surface area contributed by atoms with Crippen molar-refractivity contribution in [2.45, 2.75) is 25.3 Å². The lowest BCUT2D eigenvalue weighted by Crippen LogP contribution is -2.50. The van der Waals surface area contributed by atoms with E-state index in [1.54, 1.807) is 6.07 Å². The van der Waals surface area contributed by atoms with Crippen LogP contribution < -0.4 is 5.32 Å². The molecule has 0 spiro atoms. The van der Waals surface area contributed by atoms with Crippen LogP contribution >= 0.6 is 15.9 Å². The van der Waals surface area contributed by atoms with Gasteiger partial charge in [0.2, 0.25) is 0 Å². The van der Waals surface area contributed by atoms with Gasteiger partial charge in [0, 0.05) is 11.1 Å². The number of carbonyl (C=O) groups is 2. The molecule has 1 aromatic carbocycles.